The fourth-order valence-electron chi connectivity index (χ4n) is 3.34. The molecule has 0 spiro atoms. The maximum Gasteiger partial charge on any atom is 0.255 e. The molecular weight excluding hydrogens is 288 g/mol. The van der Waals surface area contributed by atoms with E-state index in [2.05, 4.69) is 20.0 Å². The Balaban J connectivity index is 1.42. The predicted molar refractivity (Wildman–Crippen MR) is 76.8 cm³/mol. The molecular formula is C14H18N4O2S. The quantitative estimate of drug-likeness (QED) is 0.867. The molecule has 4 heterocycles. The van der Waals surface area contributed by atoms with Crippen LogP contribution in [0.25, 0.3) is 0 Å². The molecule has 2 aromatic rings. The summed E-state index contributed by atoms with van der Waals surface area (Å²) < 4.78 is 11.5. The molecule has 3 atom stereocenters. The van der Waals surface area contributed by atoms with E-state index in [4.69, 9.17) is 9.26 Å². The smallest absolute Gasteiger partial charge is 0.255 e. The molecule has 0 amide bonds. The van der Waals surface area contributed by atoms with Crippen molar-refractivity contribution in [1.29, 1.82) is 0 Å². The molecule has 0 aromatic carbocycles. The highest BCUT2D eigenvalue weighted by Gasteiger charge is 2.41. The molecule has 2 aliphatic rings. The van der Waals surface area contributed by atoms with Crippen molar-refractivity contribution < 1.29 is 9.26 Å². The molecule has 4 rings (SSSR count). The molecule has 2 aliphatic heterocycles. The van der Waals surface area contributed by atoms with Gasteiger partial charge in [-0.2, -0.15) is 4.98 Å². The minimum atomic E-state index is -0.0349. The second-order valence-corrected chi connectivity index (χ2v) is 6.65. The first kappa shape index (κ1) is 13.4. The highest BCUT2D eigenvalue weighted by Crippen LogP contribution is 2.38. The number of hydrogen-bond donors (Lipinski definition) is 0. The van der Waals surface area contributed by atoms with Crippen molar-refractivity contribution in [2.45, 2.75) is 51.0 Å². The lowest BCUT2D eigenvalue weighted by Gasteiger charge is -2.34. The van der Waals surface area contributed by atoms with Gasteiger partial charge in [-0.1, -0.05) is 5.16 Å². The van der Waals surface area contributed by atoms with E-state index < -0.39 is 0 Å². The van der Waals surface area contributed by atoms with Crippen molar-refractivity contribution in [3.63, 3.8) is 0 Å². The molecule has 7 heteroatoms. The Kier molecular flexibility index (Phi) is 3.48. The molecule has 112 valence electrons. The Morgan fingerprint density at radius 1 is 1.38 bits per heavy atom. The van der Waals surface area contributed by atoms with Crippen LogP contribution in [-0.4, -0.2) is 38.7 Å². The molecule has 21 heavy (non-hydrogen) atoms. The summed E-state index contributed by atoms with van der Waals surface area (Å²) in [7, 11) is 0. The van der Waals surface area contributed by atoms with E-state index in [1.807, 2.05) is 18.5 Å². The van der Waals surface area contributed by atoms with Gasteiger partial charge in [-0.15, -0.1) is 11.3 Å². The normalized spacial score (nSPS) is 29.7. The van der Waals surface area contributed by atoms with Crippen LogP contribution in [0.5, 0.6) is 0 Å². The Labute approximate surface area is 127 Å². The van der Waals surface area contributed by atoms with Crippen LogP contribution in [0.15, 0.2) is 16.1 Å². The number of nitrogens with zero attached hydrogens (tertiary/aromatic N) is 4. The Bertz CT molecular complexity index is 600. The number of likely N-dealkylation sites (tertiary alicyclic amines) is 1. The van der Waals surface area contributed by atoms with E-state index in [0.29, 0.717) is 17.8 Å². The van der Waals surface area contributed by atoms with Gasteiger partial charge in [0.05, 0.1) is 12.6 Å². The van der Waals surface area contributed by atoms with Crippen LogP contribution in [0.3, 0.4) is 0 Å². The van der Waals surface area contributed by atoms with Gasteiger partial charge in [0.1, 0.15) is 11.1 Å². The summed E-state index contributed by atoms with van der Waals surface area (Å²) in [5, 5.41) is 7.08. The number of rotatable bonds is 3. The monoisotopic (exact) mass is 306 g/mol. The maximum absolute atomic E-state index is 6.20. The third kappa shape index (κ3) is 2.61. The summed E-state index contributed by atoms with van der Waals surface area (Å²) in [4.78, 5) is 11.2. The maximum atomic E-state index is 6.20. The van der Waals surface area contributed by atoms with E-state index in [9.17, 15) is 0 Å². The van der Waals surface area contributed by atoms with Gasteiger partial charge in [-0.05, 0) is 26.2 Å². The lowest BCUT2D eigenvalue weighted by Crippen LogP contribution is -2.40. The summed E-state index contributed by atoms with van der Waals surface area (Å²) in [5.74, 6) is 1.30. The molecule has 2 aromatic heterocycles. The molecule has 0 radical (unpaired) electrons. The van der Waals surface area contributed by atoms with Gasteiger partial charge < -0.3 is 9.26 Å². The second-order valence-electron chi connectivity index (χ2n) is 5.67. The van der Waals surface area contributed by atoms with Gasteiger partial charge in [0, 0.05) is 24.2 Å². The van der Waals surface area contributed by atoms with Crippen LogP contribution in [0.2, 0.25) is 0 Å². The standard InChI is InChI=1S/C14H18N4O2S/c1-9-16-14(20-17-9)12-3-2-10-11(19-12)4-6-18(10)8-13-15-5-7-21-13/h5,7,10-12H,2-4,6,8H2,1H3/t10-,11-,12-/m1/s1. The van der Waals surface area contributed by atoms with Crippen LogP contribution in [-0.2, 0) is 11.3 Å². The van der Waals surface area contributed by atoms with Crippen LogP contribution in [0, 0.1) is 6.92 Å². The average Bonchev–Trinajstić information content (AvgIpc) is 3.21. The summed E-state index contributed by atoms with van der Waals surface area (Å²) in [5.41, 5.74) is 0. The number of thiazole rings is 1. The second kappa shape index (κ2) is 5.47. The van der Waals surface area contributed by atoms with Gasteiger partial charge in [-0.3, -0.25) is 4.90 Å². The number of aryl methyl sites for hydroxylation is 1. The highest BCUT2D eigenvalue weighted by molar-refractivity contribution is 7.09. The zero-order valence-corrected chi connectivity index (χ0v) is 12.8. The first-order chi connectivity index (χ1) is 10.3. The van der Waals surface area contributed by atoms with Gasteiger partial charge in [0.2, 0.25) is 0 Å². The summed E-state index contributed by atoms with van der Waals surface area (Å²) in [6.45, 7) is 3.85. The predicted octanol–water partition coefficient (Wildman–Crippen LogP) is 2.33. The van der Waals surface area contributed by atoms with Crippen LogP contribution in [0.4, 0.5) is 0 Å². The highest BCUT2D eigenvalue weighted by atomic mass is 32.1. The Morgan fingerprint density at radius 2 is 2.33 bits per heavy atom. The van der Waals surface area contributed by atoms with Crippen molar-refractivity contribution in [1.82, 2.24) is 20.0 Å². The summed E-state index contributed by atoms with van der Waals surface area (Å²) in [6, 6.07) is 0.495. The fourth-order valence-corrected chi connectivity index (χ4v) is 3.98. The first-order valence-corrected chi connectivity index (χ1v) is 8.25. The largest absolute Gasteiger partial charge is 0.363 e. The molecule has 2 fully saturated rings. The number of fused-ring (bicyclic) bond motifs is 1. The van der Waals surface area contributed by atoms with Crippen LogP contribution >= 0.6 is 11.3 Å². The molecule has 0 saturated carbocycles. The zero-order chi connectivity index (χ0) is 14.2. The Morgan fingerprint density at radius 3 is 3.10 bits per heavy atom. The van der Waals surface area contributed by atoms with Gasteiger partial charge >= 0.3 is 0 Å². The number of aromatic nitrogens is 3. The minimum absolute atomic E-state index is 0.0349. The molecule has 0 aliphatic carbocycles. The molecule has 6 nitrogen and oxygen atoms in total. The van der Waals surface area contributed by atoms with Crippen molar-refractivity contribution in [2.24, 2.45) is 0 Å². The first-order valence-electron chi connectivity index (χ1n) is 7.37. The van der Waals surface area contributed by atoms with Gasteiger partial charge in [0.15, 0.2) is 5.82 Å². The molecule has 2 saturated heterocycles. The third-order valence-electron chi connectivity index (χ3n) is 4.30. The Hall–Kier alpha value is -1.31. The van der Waals surface area contributed by atoms with Gasteiger partial charge in [-0.25, -0.2) is 4.98 Å². The molecule has 0 bridgehead atoms. The van der Waals surface area contributed by atoms with Crippen LogP contribution < -0.4 is 0 Å². The minimum Gasteiger partial charge on any atom is -0.363 e. The van der Waals surface area contributed by atoms with Crippen LogP contribution in [0.1, 0.15) is 42.1 Å². The van der Waals surface area contributed by atoms with Crippen molar-refractivity contribution in [2.75, 3.05) is 6.54 Å². The zero-order valence-electron chi connectivity index (χ0n) is 11.9. The SMILES string of the molecule is Cc1noc([C@H]2CC[C@@H]3[C@@H](CCN3Cc3nccs3)O2)n1. The summed E-state index contributed by atoms with van der Waals surface area (Å²) in [6.07, 6.45) is 5.24. The van der Waals surface area contributed by atoms with Crippen molar-refractivity contribution >= 4 is 11.3 Å². The molecule has 0 unspecified atom stereocenters. The fraction of sp³-hybridized carbons (Fsp3) is 0.643. The van der Waals surface area contributed by atoms with E-state index >= 15 is 0 Å². The number of ether oxygens (including phenoxy) is 1. The van der Waals surface area contributed by atoms with E-state index in [1.54, 1.807) is 11.3 Å². The lowest BCUT2D eigenvalue weighted by molar-refractivity contribution is -0.0831. The number of hydrogen-bond acceptors (Lipinski definition) is 7. The molecule has 0 N–H and O–H groups in total. The van der Waals surface area contributed by atoms with E-state index in [1.165, 1.54) is 5.01 Å². The van der Waals surface area contributed by atoms with Gasteiger partial charge in [0.25, 0.3) is 5.89 Å². The van der Waals surface area contributed by atoms with Crippen molar-refractivity contribution in [3.05, 3.63) is 28.3 Å². The summed E-state index contributed by atoms with van der Waals surface area (Å²) >= 11 is 1.72. The third-order valence-corrected chi connectivity index (χ3v) is 5.07. The lowest BCUT2D eigenvalue weighted by atomic mass is 9.99. The van der Waals surface area contributed by atoms with E-state index in [-0.39, 0.29) is 12.2 Å². The topological polar surface area (TPSA) is 64.3 Å². The average molecular weight is 306 g/mol. The van der Waals surface area contributed by atoms with Crippen molar-refractivity contribution in [3.8, 4) is 0 Å². The van der Waals surface area contributed by atoms with E-state index in [0.717, 1.165) is 32.4 Å².